The van der Waals surface area contributed by atoms with Crippen molar-refractivity contribution in [1.82, 2.24) is 0 Å². The largest absolute Gasteiger partial charge is 0.393 e. The maximum atomic E-state index is 10.4. The fourth-order valence-corrected chi connectivity index (χ4v) is 4.05. The average Bonchev–Trinajstić information content (AvgIpc) is 2.69. The fourth-order valence-electron chi connectivity index (χ4n) is 4.05. The number of unbranched alkanes of at least 4 members (excludes halogenated alkanes) is 11. The van der Waals surface area contributed by atoms with E-state index >= 15 is 0 Å². The summed E-state index contributed by atoms with van der Waals surface area (Å²) in [6.45, 7) is 2.28. The zero-order valence-corrected chi connectivity index (χ0v) is 17.5. The van der Waals surface area contributed by atoms with Gasteiger partial charge in [0.15, 0.2) is 0 Å². The molecule has 1 heteroatoms. The predicted molar refractivity (Wildman–Crippen MR) is 119 cm³/mol. The maximum Gasteiger partial charge on any atom is 0.0580 e. The van der Waals surface area contributed by atoms with Crippen LogP contribution in [0.4, 0.5) is 0 Å². The number of aliphatic hydroxyl groups excluding tert-OH is 1. The SMILES string of the molecule is CCCCCCCCCCCCCCC(O)Cc1cccc2ccccc12. The van der Waals surface area contributed by atoms with Gasteiger partial charge in [0, 0.05) is 0 Å². The van der Waals surface area contributed by atoms with E-state index in [-0.39, 0.29) is 6.10 Å². The van der Waals surface area contributed by atoms with E-state index in [0.29, 0.717) is 0 Å². The molecule has 27 heavy (non-hydrogen) atoms. The second-order valence-corrected chi connectivity index (χ2v) is 8.17. The Bertz CT molecular complexity index is 613. The molecule has 0 bridgehead atoms. The highest BCUT2D eigenvalue weighted by atomic mass is 16.3. The minimum Gasteiger partial charge on any atom is -0.393 e. The van der Waals surface area contributed by atoms with Gasteiger partial charge in [0.25, 0.3) is 0 Å². The second-order valence-electron chi connectivity index (χ2n) is 8.17. The van der Waals surface area contributed by atoms with Gasteiger partial charge in [-0.25, -0.2) is 0 Å². The molecule has 2 aromatic rings. The molecule has 0 aliphatic carbocycles. The molecule has 0 aromatic heterocycles. The molecule has 1 N–H and O–H groups in total. The molecule has 0 spiro atoms. The summed E-state index contributed by atoms with van der Waals surface area (Å²) in [5.74, 6) is 0. The van der Waals surface area contributed by atoms with Crippen LogP contribution in [0, 0.1) is 0 Å². The van der Waals surface area contributed by atoms with Crippen molar-refractivity contribution in [3.63, 3.8) is 0 Å². The number of hydrogen-bond acceptors (Lipinski definition) is 1. The molecular formula is C26H40O. The van der Waals surface area contributed by atoms with E-state index in [0.717, 1.165) is 19.3 Å². The van der Waals surface area contributed by atoms with E-state index in [1.807, 2.05) is 0 Å². The Morgan fingerprint density at radius 1 is 0.667 bits per heavy atom. The van der Waals surface area contributed by atoms with Crippen LogP contribution in [0.3, 0.4) is 0 Å². The van der Waals surface area contributed by atoms with Gasteiger partial charge >= 0.3 is 0 Å². The summed E-state index contributed by atoms with van der Waals surface area (Å²) in [7, 11) is 0. The summed E-state index contributed by atoms with van der Waals surface area (Å²) in [6, 6.07) is 14.9. The van der Waals surface area contributed by atoms with Gasteiger partial charge < -0.3 is 5.11 Å². The van der Waals surface area contributed by atoms with Gasteiger partial charge in [-0.2, -0.15) is 0 Å². The number of hydrogen-bond donors (Lipinski definition) is 1. The Morgan fingerprint density at radius 2 is 1.22 bits per heavy atom. The van der Waals surface area contributed by atoms with E-state index in [1.54, 1.807) is 0 Å². The Hall–Kier alpha value is -1.34. The Kier molecular flexibility index (Phi) is 11.2. The lowest BCUT2D eigenvalue weighted by molar-refractivity contribution is 0.161. The molecule has 2 rings (SSSR count). The maximum absolute atomic E-state index is 10.4. The third-order valence-corrected chi connectivity index (χ3v) is 5.73. The van der Waals surface area contributed by atoms with E-state index in [2.05, 4.69) is 49.4 Å². The van der Waals surface area contributed by atoms with Crippen LogP contribution in [0.5, 0.6) is 0 Å². The molecule has 0 radical (unpaired) electrons. The summed E-state index contributed by atoms with van der Waals surface area (Å²) >= 11 is 0. The van der Waals surface area contributed by atoms with Gasteiger partial charge in [0.1, 0.15) is 0 Å². The Morgan fingerprint density at radius 3 is 1.89 bits per heavy atom. The second kappa shape index (κ2) is 13.8. The summed E-state index contributed by atoms with van der Waals surface area (Å²) < 4.78 is 0. The molecule has 0 saturated heterocycles. The smallest absolute Gasteiger partial charge is 0.0580 e. The number of fused-ring (bicyclic) bond motifs is 1. The predicted octanol–water partition coefficient (Wildman–Crippen LogP) is 7.83. The van der Waals surface area contributed by atoms with Crippen LogP contribution < -0.4 is 0 Å². The molecule has 0 fully saturated rings. The molecule has 0 amide bonds. The zero-order chi connectivity index (χ0) is 19.2. The summed E-state index contributed by atoms with van der Waals surface area (Å²) in [5, 5.41) is 13.0. The highest BCUT2D eigenvalue weighted by Gasteiger charge is 2.08. The highest BCUT2D eigenvalue weighted by molar-refractivity contribution is 5.85. The minimum absolute atomic E-state index is 0.209. The molecule has 150 valence electrons. The lowest BCUT2D eigenvalue weighted by Crippen LogP contribution is -2.10. The summed E-state index contributed by atoms with van der Waals surface area (Å²) in [5.41, 5.74) is 1.28. The van der Waals surface area contributed by atoms with Crippen molar-refractivity contribution >= 4 is 10.8 Å². The van der Waals surface area contributed by atoms with E-state index < -0.39 is 0 Å². The zero-order valence-electron chi connectivity index (χ0n) is 17.5. The standard InChI is InChI=1S/C26H40O/c1-2-3-4-5-6-7-8-9-10-11-12-13-20-25(27)22-24-19-16-18-23-17-14-15-21-26(23)24/h14-19,21,25,27H,2-13,20,22H2,1H3. The van der Waals surface area contributed by atoms with Crippen LogP contribution in [-0.2, 0) is 6.42 Å². The van der Waals surface area contributed by atoms with Gasteiger partial charge in [0.2, 0.25) is 0 Å². The molecule has 0 aliphatic heterocycles. The fraction of sp³-hybridized carbons (Fsp3) is 0.615. The number of benzene rings is 2. The molecule has 0 saturated carbocycles. The van der Waals surface area contributed by atoms with Crippen LogP contribution in [0.15, 0.2) is 42.5 Å². The lowest BCUT2D eigenvalue weighted by atomic mass is 9.97. The Labute approximate surface area is 167 Å². The number of aliphatic hydroxyl groups is 1. The molecule has 1 atom stereocenters. The lowest BCUT2D eigenvalue weighted by Gasteiger charge is -2.12. The summed E-state index contributed by atoms with van der Waals surface area (Å²) in [6.07, 6.45) is 17.9. The van der Waals surface area contributed by atoms with Gasteiger partial charge in [-0.15, -0.1) is 0 Å². The third kappa shape index (κ3) is 8.93. The molecule has 0 heterocycles. The number of rotatable bonds is 15. The van der Waals surface area contributed by atoms with Crippen molar-refractivity contribution in [3.05, 3.63) is 48.0 Å². The van der Waals surface area contributed by atoms with E-state index in [4.69, 9.17) is 0 Å². The van der Waals surface area contributed by atoms with Crippen molar-refractivity contribution in [2.75, 3.05) is 0 Å². The van der Waals surface area contributed by atoms with E-state index in [1.165, 1.54) is 87.0 Å². The van der Waals surface area contributed by atoms with Crippen LogP contribution in [0.2, 0.25) is 0 Å². The first-order chi connectivity index (χ1) is 13.3. The molecule has 2 aromatic carbocycles. The quantitative estimate of drug-likeness (QED) is 0.317. The minimum atomic E-state index is -0.209. The van der Waals surface area contributed by atoms with Gasteiger partial charge in [-0.05, 0) is 29.2 Å². The summed E-state index contributed by atoms with van der Waals surface area (Å²) in [4.78, 5) is 0. The van der Waals surface area contributed by atoms with Crippen LogP contribution in [0.25, 0.3) is 10.8 Å². The van der Waals surface area contributed by atoms with Crippen LogP contribution in [-0.4, -0.2) is 11.2 Å². The molecule has 1 nitrogen and oxygen atoms in total. The molecular weight excluding hydrogens is 328 g/mol. The van der Waals surface area contributed by atoms with E-state index in [9.17, 15) is 5.11 Å². The first kappa shape index (κ1) is 22.0. The topological polar surface area (TPSA) is 20.2 Å². The average molecular weight is 369 g/mol. The first-order valence-electron chi connectivity index (χ1n) is 11.5. The normalized spacial score (nSPS) is 12.5. The van der Waals surface area contributed by atoms with Crippen molar-refractivity contribution in [3.8, 4) is 0 Å². The Balaban J connectivity index is 1.50. The van der Waals surface area contributed by atoms with Gasteiger partial charge in [-0.3, -0.25) is 0 Å². The van der Waals surface area contributed by atoms with Crippen molar-refractivity contribution in [2.24, 2.45) is 0 Å². The monoisotopic (exact) mass is 368 g/mol. The van der Waals surface area contributed by atoms with Gasteiger partial charge in [0.05, 0.1) is 6.10 Å². The van der Waals surface area contributed by atoms with Crippen LogP contribution in [0.1, 0.15) is 96.0 Å². The first-order valence-corrected chi connectivity index (χ1v) is 11.5. The molecule has 1 unspecified atom stereocenters. The van der Waals surface area contributed by atoms with Crippen molar-refractivity contribution in [1.29, 1.82) is 0 Å². The third-order valence-electron chi connectivity index (χ3n) is 5.73. The highest BCUT2D eigenvalue weighted by Crippen LogP contribution is 2.21. The van der Waals surface area contributed by atoms with Crippen molar-refractivity contribution < 1.29 is 5.11 Å². The van der Waals surface area contributed by atoms with Gasteiger partial charge in [-0.1, -0.05) is 126 Å². The van der Waals surface area contributed by atoms with Crippen LogP contribution >= 0.6 is 0 Å². The van der Waals surface area contributed by atoms with Crippen molar-refractivity contribution in [2.45, 2.75) is 103 Å². The molecule has 0 aliphatic rings.